The largest absolute Gasteiger partial charge is 0.356 e. The van der Waals surface area contributed by atoms with Gasteiger partial charge in [0.25, 0.3) is 0 Å². The van der Waals surface area contributed by atoms with E-state index >= 15 is 0 Å². The molecule has 1 unspecified atom stereocenters. The molecule has 0 radical (unpaired) electrons. The second kappa shape index (κ2) is 6.80. The summed E-state index contributed by atoms with van der Waals surface area (Å²) in [5.41, 5.74) is 2.00. The smallest absolute Gasteiger partial charge is 0.221 e. The highest BCUT2D eigenvalue weighted by atomic mass is 16.1. The maximum absolute atomic E-state index is 11.7. The van der Waals surface area contributed by atoms with Crippen LogP contribution in [0.1, 0.15) is 37.3 Å². The van der Waals surface area contributed by atoms with Crippen LogP contribution in [0.5, 0.6) is 0 Å². The molecule has 18 heavy (non-hydrogen) atoms. The molecule has 0 bridgehead atoms. The third-order valence-corrected chi connectivity index (χ3v) is 2.82. The number of aryl methyl sites for hydroxylation is 1. The molecule has 1 N–H and O–H groups in total. The van der Waals surface area contributed by atoms with Crippen LogP contribution in [0.25, 0.3) is 0 Å². The molecule has 0 saturated heterocycles. The van der Waals surface area contributed by atoms with Crippen molar-refractivity contribution in [3.63, 3.8) is 0 Å². The van der Waals surface area contributed by atoms with Crippen molar-refractivity contribution >= 4 is 5.91 Å². The molecule has 3 heteroatoms. The Morgan fingerprint density at radius 1 is 1.39 bits per heavy atom. The molecule has 0 aromatic heterocycles. The summed E-state index contributed by atoms with van der Waals surface area (Å²) in [5.74, 6) is 0.00446. The number of hydrogen-bond acceptors (Lipinski definition) is 2. The van der Waals surface area contributed by atoms with E-state index in [4.69, 9.17) is 0 Å². The Labute approximate surface area is 109 Å². The van der Waals surface area contributed by atoms with Gasteiger partial charge in [0.1, 0.15) is 0 Å². The van der Waals surface area contributed by atoms with Crippen molar-refractivity contribution < 1.29 is 4.79 Å². The van der Waals surface area contributed by atoms with Gasteiger partial charge in [-0.3, -0.25) is 4.79 Å². The first-order valence-electron chi connectivity index (χ1n) is 6.26. The van der Waals surface area contributed by atoms with E-state index in [-0.39, 0.29) is 18.2 Å². The Kier molecular flexibility index (Phi) is 5.38. The second-order valence-electron chi connectivity index (χ2n) is 4.94. The number of carbonyl (C=O) groups is 1. The van der Waals surface area contributed by atoms with Crippen molar-refractivity contribution in [1.82, 2.24) is 5.32 Å². The first-order valence-corrected chi connectivity index (χ1v) is 6.26. The predicted octanol–water partition coefficient (Wildman–Crippen LogP) is 2.76. The average molecular weight is 244 g/mol. The molecular formula is C15H20N2O. The summed E-state index contributed by atoms with van der Waals surface area (Å²) in [4.78, 5) is 11.7. The highest BCUT2D eigenvalue weighted by Crippen LogP contribution is 2.22. The summed E-state index contributed by atoms with van der Waals surface area (Å²) < 4.78 is 0. The molecule has 1 rings (SSSR count). The van der Waals surface area contributed by atoms with Crippen molar-refractivity contribution in [2.45, 2.75) is 33.1 Å². The van der Waals surface area contributed by atoms with Crippen molar-refractivity contribution in [2.75, 3.05) is 6.54 Å². The van der Waals surface area contributed by atoms with E-state index in [0.29, 0.717) is 12.5 Å². The van der Waals surface area contributed by atoms with Gasteiger partial charge >= 0.3 is 0 Å². The van der Waals surface area contributed by atoms with Gasteiger partial charge in [0, 0.05) is 13.0 Å². The Hall–Kier alpha value is -1.82. The SMILES string of the molecule is Cc1ccccc1C(C#N)CC(=O)NCC(C)C. The average Bonchev–Trinajstić information content (AvgIpc) is 2.34. The topological polar surface area (TPSA) is 52.9 Å². The lowest BCUT2D eigenvalue weighted by Crippen LogP contribution is -2.28. The number of nitrogens with one attached hydrogen (secondary N) is 1. The number of benzene rings is 1. The Bertz CT molecular complexity index is 446. The highest BCUT2D eigenvalue weighted by Gasteiger charge is 2.16. The van der Waals surface area contributed by atoms with Gasteiger partial charge in [-0.15, -0.1) is 0 Å². The summed E-state index contributed by atoms with van der Waals surface area (Å²) in [6.07, 6.45) is 0.230. The van der Waals surface area contributed by atoms with Gasteiger partial charge in [-0.25, -0.2) is 0 Å². The summed E-state index contributed by atoms with van der Waals surface area (Å²) in [6, 6.07) is 9.93. The molecule has 1 amide bonds. The molecule has 3 nitrogen and oxygen atoms in total. The molecule has 0 saturated carbocycles. The van der Waals surface area contributed by atoms with E-state index in [1.54, 1.807) is 0 Å². The van der Waals surface area contributed by atoms with Crippen molar-refractivity contribution in [3.8, 4) is 6.07 Å². The molecule has 0 aliphatic heterocycles. The molecular weight excluding hydrogens is 224 g/mol. The number of amides is 1. The zero-order valence-electron chi connectivity index (χ0n) is 11.2. The minimum Gasteiger partial charge on any atom is -0.356 e. The van der Waals surface area contributed by atoms with Gasteiger partial charge in [0.2, 0.25) is 5.91 Å². The third-order valence-electron chi connectivity index (χ3n) is 2.82. The van der Waals surface area contributed by atoms with Crippen LogP contribution in [-0.4, -0.2) is 12.5 Å². The van der Waals surface area contributed by atoms with Crippen molar-refractivity contribution in [1.29, 1.82) is 5.26 Å². The Morgan fingerprint density at radius 2 is 2.06 bits per heavy atom. The fourth-order valence-corrected chi connectivity index (χ4v) is 1.78. The van der Waals surface area contributed by atoms with E-state index in [1.165, 1.54) is 0 Å². The van der Waals surface area contributed by atoms with Crippen molar-refractivity contribution in [3.05, 3.63) is 35.4 Å². The normalized spacial score (nSPS) is 11.9. The third kappa shape index (κ3) is 4.21. The van der Waals surface area contributed by atoms with Crippen LogP contribution in [0, 0.1) is 24.2 Å². The molecule has 0 fully saturated rings. The molecule has 0 aliphatic rings. The van der Waals surface area contributed by atoms with Crippen LogP contribution in [0.3, 0.4) is 0 Å². The van der Waals surface area contributed by atoms with Crippen LogP contribution in [-0.2, 0) is 4.79 Å². The number of nitriles is 1. The van der Waals surface area contributed by atoms with E-state index in [0.717, 1.165) is 11.1 Å². The standard InChI is InChI=1S/C15H20N2O/c1-11(2)10-17-15(18)8-13(9-16)14-7-5-4-6-12(14)3/h4-7,11,13H,8,10H2,1-3H3,(H,17,18). The second-order valence-corrected chi connectivity index (χ2v) is 4.94. The molecule has 0 heterocycles. The Morgan fingerprint density at radius 3 is 2.61 bits per heavy atom. The predicted molar refractivity (Wildman–Crippen MR) is 72.0 cm³/mol. The van der Waals surface area contributed by atoms with Gasteiger partial charge in [0.15, 0.2) is 0 Å². The zero-order chi connectivity index (χ0) is 13.5. The lowest BCUT2D eigenvalue weighted by molar-refractivity contribution is -0.121. The minimum absolute atomic E-state index is 0.0569. The van der Waals surface area contributed by atoms with Gasteiger partial charge in [-0.2, -0.15) is 5.26 Å². The molecule has 96 valence electrons. The van der Waals surface area contributed by atoms with Crippen LogP contribution < -0.4 is 5.32 Å². The van der Waals surface area contributed by atoms with E-state index in [1.807, 2.05) is 45.0 Å². The zero-order valence-corrected chi connectivity index (χ0v) is 11.2. The molecule has 1 atom stereocenters. The number of rotatable bonds is 5. The number of carbonyl (C=O) groups excluding carboxylic acids is 1. The minimum atomic E-state index is -0.363. The molecule has 0 aliphatic carbocycles. The molecule has 0 spiro atoms. The van der Waals surface area contributed by atoms with Crippen LogP contribution in [0.2, 0.25) is 0 Å². The maximum atomic E-state index is 11.7. The first-order chi connectivity index (χ1) is 8.54. The quantitative estimate of drug-likeness (QED) is 0.865. The maximum Gasteiger partial charge on any atom is 0.221 e. The summed E-state index contributed by atoms with van der Waals surface area (Å²) >= 11 is 0. The lowest BCUT2D eigenvalue weighted by atomic mass is 9.93. The lowest BCUT2D eigenvalue weighted by Gasteiger charge is -2.13. The van der Waals surface area contributed by atoms with E-state index < -0.39 is 0 Å². The van der Waals surface area contributed by atoms with Gasteiger partial charge in [-0.1, -0.05) is 38.1 Å². The van der Waals surface area contributed by atoms with Crippen LogP contribution >= 0.6 is 0 Å². The fraction of sp³-hybridized carbons (Fsp3) is 0.467. The van der Waals surface area contributed by atoms with Gasteiger partial charge in [-0.05, 0) is 24.0 Å². The number of nitrogens with zero attached hydrogens (tertiary/aromatic N) is 1. The highest BCUT2D eigenvalue weighted by molar-refractivity contribution is 5.77. The first kappa shape index (κ1) is 14.2. The molecule has 1 aromatic rings. The van der Waals surface area contributed by atoms with Gasteiger partial charge < -0.3 is 5.32 Å². The Balaban J connectivity index is 2.66. The van der Waals surface area contributed by atoms with Gasteiger partial charge in [0.05, 0.1) is 12.0 Å². The number of hydrogen-bond donors (Lipinski definition) is 1. The monoisotopic (exact) mass is 244 g/mol. The van der Waals surface area contributed by atoms with Crippen LogP contribution in [0.4, 0.5) is 0 Å². The molecule has 1 aromatic carbocycles. The fourth-order valence-electron chi connectivity index (χ4n) is 1.78. The summed E-state index contributed by atoms with van der Waals surface area (Å²) in [7, 11) is 0. The summed E-state index contributed by atoms with van der Waals surface area (Å²) in [6.45, 7) is 6.71. The van der Waals surface area contributed by atoms with E-state index in [9.17, 15) is 10.1 Å². The van der Waals surface area contributed by atoms with Crippen molar-refractivity contribution in [2.24, 2.45) is 5.92 Å². The van der Waals surface area contributed by atoms with E-state index in [2.05, 4.69) is 11.4 Å². The van der Waals surface area contributed by atoms with Crippen LogP contribution in [0.15, 0.2) is 24.3 Å². The summed E-state index contributed by atoms with van der Waals surface area (Å²) in [5, 5.41) is 12.0.